The molecule has 0 bridgehead atoms. The van der Waals surface area contributed by atoms with Crippen molar-refractivity contribution in [3.8, 4) is 16.9 Å². The van der Waals surface area contributed by atoms with Crippen LogP contribution < -0.4 is 15.7 Å². The number of benzene rings is 1. The maximum absolute atomic E-state index is 11.8. The van der Waals surface area contributed by atoms with Gasteiger partial charge in [0, 0.05) is 6.92 Å². The number of rotatable bonds is 5. The molecule has 0 saturated carbocycles. The lowest BCUT2D eigenvalue weighted by Crippen LogP contribution is -2.22. The molecule has 1 N–H and O–H groups in total. The molecule has 0 unspecified atom stereocenters. The average molecular weight is 276 g/mol. The molecule has 0 radical (unpaired) electrons. The summed E-state index contributed by atoms with van der Waals surface area (Å²) in [7, 11) is 0. The largest absolute Gasteiger partial charge is 0.494 e. The molecule has 0 aliphatic heterocycles. The van der Waals surface area contributed by atoms with Crippen molar-refractivity contribution in [3.63, 3.8) is 0 Å². The highest BCUT2D eigenvalue weighted by Gasteiger charge is 2.09. The van der Waals surface area contributed by atoms with E-state index in [2.05, 4.69) is 5.32 Å². The monoisotopic (exact) mass is 276 g/mol. The Morgan fingerprint density at radius 2 is 2.05 bits per heavy atom. The molecular formula is C14H16N2O4. The molecule has 1 aromatic heterocycles. The van der Waals surface area contributed by atoms with Crippen molar-refractivity contribution in [2.75, 3.05) is 6.61 Å². The van der Waals surface area contributed by atoms with Crippen molar-refractivity contribution >= 4 is 5.91 Å². The summed E-state index contributed by atoms with van der Waals surface area (Å²) in [5.41, 5.74) is 0.738. The smallest absolute Gasteiger partial charge is 0.365 e. The Bertz CT molecular complexity index is 640. The Kier molecular flexibility index (Phi) is 4.24. The van der Waals surface area contributed by atoms with Crippen LogP contribution in [0.4, 0.5) is 0 Å². The van der Waals surface area contributed by atoms with Crippen LogP contribution in [-0.4, -0.2) is 17.3 Å². The van der Waals surface area contributed by atoms with Gasteiger partial charge in [-0.15, -0.1) is 0 Å². The zero-order valence-corrected chi connectivity index (χ0v) is 11.4. The molecule has 0 aliphatic carbocycles. The fraction of sp³-hybridized carbons (Fsp3) is 0.286. The van der Waals surface area contributed by atoms with E-state index in [0.29, 0.717) is 12.2 Å². The molecule has 20 heavy (non-hydrogen) atoms. The highest BCUT2D eigenvalue weighted by molar-refractivity contribution is 5.72. The maximum Gasteiger partial charge on any atom is 0.365 e. The van der Waals surface area contributed by atoms with Gasteiger partial charge in [-0.25, -0.2) is 4.79 Å². The van der Waals surface area contributed by atoms with Gasteiger partial charge in [0.25, 0.3) is 0 Å². The number of carbonyl (C=O) groups excluding carboxylic acids is 1. The third-order valence-electron chi connectivity index (χ3n) is 2.65. The fourth-order valence-electron chi connectivity index (χ4n) is 1.74. The number of aromatic nitrogens is 1. The van der Waals surface area contributed by atoms with E-state index in [1.165, 1.54) is 11.7 Å². The molecule has 0 saturated heterocycles. The normalized spacial score (nSPS) is 10.3. The Hall–Kier alpha value is -2.50. The van der Waals surface area contributed by atoms with Crippen LogP contribution in [-0.2, 0) is 11.5 Å². The second kappa shape index (κ2) is 6.10. The number of amides is 1. The Balaban J connectivity index is 2.19. The van der Waals surface area contributed by atoms with Crippen molar-refractivity contribution in [2.24, 2.45) is 0 Å². The van der Waals surface area contributed by atoms with E-state index in [1.54, 1.807) is 30.5 Å². The van der Waals surface area contributed by atoms with Gasteiger partial charge in [-0.1, -0.05) is 12.1 Å². The lowest BCUT2D eigenvalue weighted by atomic mass is 10.1. The summed E-state index contributed by atoms with van der Waals surface area (Å²) in [6.07, 6.45) is 1.56. The molecule has 1 aromatic carbocycles. The van der Waals surface area contributed by atoms with E-state index in [9.17, 15) is 9.59 Å². The predicted molar refractivity (Wildman–Crippen MR) is 73.4 cm³/mol. The zero-order chi connectivity index (χ0) is 14.5. The van der Waals surface area contributed by atoms with Gasteiger partial charge in [-0.2, -0.15) is 4.74 Å². The number of nitrogens with zero attached hydrogens (tertiary/aromatic N) is 1. The number of carbonyl (C=O) groups is 1. The van der Waals surface area contributed by atoms with Gasteiger partial charge in [-0.05, 0) is 24.6 Å². The minimum atomic E-state index is -0.445. The van der Waals surface area contributed by atoms with Crippen molar-refractivity contribution in [1.29, 1.82) is 0 Å². The van der Waals surface area contributed by atoms with E-state index < -0.39 is 5.63 Å². The maximum atomic E-state index is 11.8. The van der Waals surface area contributed by atoms with Gasteiger partial charge < -0.3 is 14.6 Å². The predicted octanol–water partition coefficient (Wildman–Crippen LogP) is 1.60. The molecule has 1 amide bonds. The molecule has 0 spiro atoms. The van der Waals surface area contributed by atoms with Crippen molar-refractivity contribution in [2.45, 2.75) is 20.5 Å². The summed E-state index contributed by atoms with van der Waals surface area (Å²) in [4.78, 5) is 22.6. The molecule has 0 aliphatic rings. The summed E-state index contributed by atoms with van der Waals surface area (Å²) < 4.78 is 11.6. The number of hydrogen-bond donors (Lipinski definition) is 1. The van der Waals surface area contributed by atoms with E-state index in [4.69, 9.17) is 9.26 Å². The first-order valence-electron chi connectivity index (χ1n) is 6.28. The number of hydrogen-bond acceptors (Lipinski definition) is 4. The van der Waals surface area contributed by atoms with Crippen LogP contribution in [0.25, 0.3) is 11.1 Å². The molecule has 106 valence electrons. The topological polar surface area (TPSA) is 73.5 Å². The van der Waals surface area contributed by atoms with E-state index >= 15 is 0 Å². The van der Waals surface area contributed by atoms with Gasteiger partial charge in [-0.3, -0.25) is 4.79 Å². The average Bonchev–Trinajstić information content (AvgIpc) is 2.79. The van der Waals surface area contributed by atoms with E-state index in [0.717, 1.165) is 11.3 Å². The summed E-state index contributed by atoms with van der Waals surface area (Å²) in [5.74, 6) is 0.558. The highest BCUT2D eigenvalue weighted by Crippen LogP contribution is 2.20. The fourth-order valence-corrected chi connectivity index (χ4v) is 1.74. The summed E-state index contributed by atoms with van der Waals surface area (Å²) in [6, 6.07) is 7.17. The highest BCUT2D eigenvalue weighted by atomic mass is 16.5. The Morgan fingerprint density at radius 1 is 1.35 bits per heavy atom. The second-order valence-electron chi connectivity index (χ2n) is 4.19. The molecule has 6 heteroatoms. The SMILES string of the molecule is CCOc1ccc(-c2cn(CNC(C)=O)oc2=O)cc1. The minimum Gasteiger partial charge on any atom is -0.494 e. The van der Waals surface area contributed by atoms with E-state index in [-0.39, 0.29) is 12.6 Å². The van der Waals surface area contributed by atoms with Crippen LogP contribution in [0.1, 0.15) is 13.8 Å². The molecule has 2 aromatic rings. The van der Waals surface area contributed by atoms with Crippen LogP contribution in [0.2, 0.25) is 0 Å². The summed E-state index contributed by atoms with van der Waals surface area (Å²) >= 11 is 0. The van der Waals surface area contributed by atoms with Crippen LogP contribution in [0.5, 0.6) is 5.75 Å². The first-order valence-corrected chi connectivity index (χ1v) is 6.28. The molecule has 0 fully saturated rings. The number of ether oxygens (including phenoxy) is 1. The van der Waals surface area contributed by atoms with Crippen molar-refractivity contribution in [1.82, 2.24) is 10.1 Å². The number of nitrogens with one attached hydrogen (secondary N) is 1. The van der Waals surface area contributed by atoms with Gasteiger partial charge in [0.1, 0.15) is 12.4 Å². The minimum absolute atomic E-state index is 0.127. The van der Waals surface area contributed by atoms with Crippen LogP contribution in [0.15, 0.2) is 39.8 Å². The molecular weight excluding hydrogens is 260 g/mol. The first kappa shape index (κ1) is 13.9. The quantitative estimate of drug-likeness (QED) is 0.900. The molecule has 0 atom stereocenters. The van der Waals surface area contributed by atoms with Crippen molar-refractivity contribution in [3.05, 3.63) is 40.9 Å². The first-order chi connectivity index (χ1) is 9.60. The Morgan fingerprint density at radius 3 is 2.65 bits per heavy atom. The van der Waals surface area contributed by atoms with E-state index in [1.807, 2.05) is 6.92 Å². The third-order valence-corrected chi connectivity index (χ3v) is 2.65. The summed E-state index contributed by atoms with van der Waals surface area (Å²) in [6.45, 7) is 4.02. The van der Waals surface area contributed by atoms with Crippen LogP contribution >= 0.6 is 0 Å². The van der Waals surface area contributed by atoms with Crippen LogP contribution in [0.3, 0.4) is 0 Å². The molecule has 2 rings (SSSR count). The standard InChI is InChI=1S/C14H16N2O4/c1-3-19-12-6-4-11(5-7-12)13-8-16(20-14(13)18)9-15-10(2)17/h4-8H,3,9H2,1-2H3,(H,15,17). The lowest BCUT2D eigenvalue weighted by Gasteiger charge is -2.03. The van der Waals surface area contributed by atoms with Gasteiger partial charge in [0.05, 0.1) is 18.4 Å². The summed E-state index contributed by atoms with van der Waals surface area (Å²) in [5, 5.41) is 2.55. The van der Waals surface area contributed by atoms with Crippen molar-refractivity contribution < 1.29 is 14.1 Å². The van der Waals surface area contributed by atoms with Gasteiger partial charge in [0.15, 0.2) is 0 Å². The van der Waals surface area contributed by atoms with Crippen LogP contribution in [0, 0.1) is 0 Å². The molecule has 6 nitrogen and oxygen atoms in total. The second-order valence-corrected chi connectivity index (χ2v) is 4.19. The van der Waals surface area contributed by atoms with Gasteiger partial charge >= 0.3 is 5.63 Å². The Labute approximate surface area is 115 Å². The zero-order valence-electron chi connectivity index (χ0n) is 11.4. The molecule has 1 heterocycles. The lowest BCUT2D eigenvalue weighted by molar-refractivity contribution is -0.119. The third kappa shape index (κ3) is 3.28. The van der Waals surface area contributed by atoms with Gasteiger partial charge in [0.2, 0.25) is 5.91 Å².